The second-order valence-corrected chi connectivity index (χ2v) is 9.09. The number of hydrogen-bond donors (Lipinski definition) is 2. The minimum absolute atomic E-state index is 0.0949. The first-order valence-corrected chi connectivity index (χ1v) is 12.3. The highest BCUT2D eigenvalue weighted by atomic mass is 32.2. The Bertz CT molecular complexity index is 1550. The summed E-state index contributed by atoms with van der Waals surface area (Å²) in [5, 5.41) is 25.5. The summed E-state index contributed by atoms with van der Waals surface area (Å²) in [5.41, 5.74) is 6.08. The molecule has 4 aromatic carbocycles. The predicted octanol–water partition coefficient (Wildman–Crippen LogP) is 5.34. The van der Waals surface area contributed by atoms with Gasteiger partial charge < -0.3 is 5.11 Å². The number of hydrogen-bond acceptors (Lipinski definition) is 6. The minimum atomic E-state index is -0.296. The van der Waals surface area contributed by atoms with Gasteiger partial charge in [0.25, 0.3) is 5.91 Å². The zero-order chi connectivity index (χ0) is 24.9. The van der Waals surface area contributed by atoms with Gasteiger partial charge in [0.05, 0.1) is 12.0 Å². The molecule has 1 aromatic heterocycles. The molecule has 1 amide bonds. The highest BCUT2D eigenvalue weighted by Gasteiger charge is 2.17. The number of carbonyl (C=O) groups excluding carboxylic acids is 1. The van der Waals surface area contributed by atoms with Crippen LogP contribution in [0.15, 0.2) is 101 Å². The van der Waals surface area contributed by atoms with Crippen molar-refractivity contribution < 1.29 is 9.90 Å². The van der Waals surface area contributed by atoms with E-state index >= 15 is 0 Å². The summed E-state index contributed by atoms with van der Waals surface area (Å²) < 4.78 is 1.95. The second-order valence-electron chi connectivity index (χ2n) is 8.14. The number of aromatic hydroxyl groups is 1. The lowest BCUT2D eigenvalue weighted by Gasteiger charge is -2.10. The largest absolute Gasteiger partial charge is 0.507 e. The zero-order valence-electron chi connectivity index (χ0n) is 19.5. The third-order valence-corrected chi connectivity index (χ3v) is 6.55. The zero-order valence-corrected chi connectivity index (χ0v) is 20.3. The Morgan fingerprint density at radius 2 is 1.72 bits per heavy atom. The molecule has 5 rings (SSSR count). The van der Waals surface area contributed by atoms with Crippen molar-refractivity contribution in [1.82, 2.24) is 20.2 Å². The van der Waals surface area contributed by atoms with Gasteiger partial charge in [-0.15, -0.1) is 10.2 Å². The average Bonchev–Trinajstić information content (AvgIpc) is 3.33. The van der Waals surface area contributed by atoms with Gasteiger partial charge in [-0.05, 0) is 35.9 Å². The molecule has 0 radical (unpaired) electrons. The molecule has 7 nitrogen and oxygen atoms in total. The van der Waals surface area contributed by atoms with Crippen LogP contribution < -0.4 is 5.43 Å². The van der Waals surface area contributed by atoms with Gasteiger partial charge in [0, 0.05) is 16.8 Å². The summed E-state index contributed by atoms with van der Waals surface area (Å²) in [7, 11) is 0. The van der Waals surface area contributed by atoms with E-state index in [-0.39, 0.29) is 17.4 Å². The first-order valence-electron chi connectivity index (χ1n) is 11.3. The van der Waals surface area contributed by atoms with Crippen LogP contribution in [0.5, 0.6) is 5.75 Å². The monoisotopic (exact) mass is 493 g/mol. The van der Waals surface area contributed by atoms with Crippen LogP contribution in [0.3, 0.4) is 0 Å². The van der Waals surface area contributed by atoms with Crippen LogP contribution in [-0.2, 0) is 4.79 Å². The fourth-order valence-electron chi connectivity index (χ4n) is 3.82. The fraction of sp³-hybridized carbons (Fsp3) is 0.0714. The summed E-state index contributed by atoms with van der Waals surface area (Å²) in [6.45, 7) is 2.03. The van der Waals surface area contributed by atoms with Gasteiger partial charge in [-0.3, -0.25) is 9.36 Å². The number of phenols is 1. The van der Waals surface area contributed by atoms with Crippen LogP contribution >= 0.6 is 11.8 Å². The molecule has 0 bridgehead atoms. The van der Waals surface area contributed by atoms with Crippen LogP contribution in [-0.4, -0.2) is 37.7 Å². The first kappa shape index (κ1) is 23.3. The molecule has 36 heavy (non-hydrogen) atoms. The van der Waals surface area contributed by atoms with Crippen molar-refractivity contribution in [1.29, 1.82) is 0 Å². The Labute approximate surface area is 212 Å². The van der Waals surface area contributed by atoms with E-state index in [1.54, 1.807) is 6.07 Å². The molecule has 0 saturated carbocycles. The quantitative estimate of drug-likeness (QED) is 0.181. The Hall–Kier alpha value is -4.43. The number of carbonyl (C=O) groups is 1. The van der Waals surface area contributed by atoms with Crippen molar-refractivity contribution in [3.05, 3.63) is 102 Å². The molecule has 0 spiro atoms. The topological polar surface area (TPSA) is 92.4 Å². The summed E-state index contributed by atoms with van der Waals surface area (Å²) >= 11 is 1.28. The third-order valence-electron chi connectivity index (χ3n) is 5.62. The molecular formula is C28H23N5O2S. The fourth-order valence-corrected chi connectivity index (χ4v) is 4.56. The van der Waals surface area contributed by atoms with Crippen molar-refractivity contribution in [2.45, 2.75) is 12.1 Å². The number of hydrazone groups is 1. The van der Waals surface area contributed by atoms with Crippen molar-refractivity contribution >= 4 is 34.7 Å². The lowest BCUT2D eigenvalue weighted by Crippen LogP contribution is -2.20. The number of nitrogens with zero attached hydrogens (tertiary/aromatic N) is 4. The van der Waals surface area contributed by atoms with Crippen LogP contribution in [0.25, 0.3) is 27.8 Å². The van der Waals surface area contributed by atoms with Crippen LogP contribution in [0.1, 0.15) is 11.1 Å². The van der Waals surface area contributed by atoms with E-state index in [9.17, 15) is 9.90 Å². The van der Waals surface area contributed by atoms with Crippen molar-refractivity contribution in [2.24, 2.45) is 5.10 Å². The maximum Gasteiger partial charge on any atom is 0.250 e. The summed E-state index contributed by atoms with van der Waals surface area (Å²) in [6, 6.07) is 29.0. The maximum absolute atomic E-state index is 12.6. The number of benzene rings is 4. The minimum Gasteiger partial charge on any atom is -0.507 e. The molecule has 178 valence electrons. The van der Waals surface area contributed by atoms with Crippen molar-refractivity contribution in [3.8, 4) is 22.8 Å². The summed E-state index contributed by atoms with van der Waals surface area (Å²) in [4.78, 5) is 12.6. The number of thioether (sulfide) groups is 1. The molecule has 5 aromatic rings. The lowest BCUT2D eigenvalue weighted by molar-refractivity contribution is -0.118. The molecule has 0 aliphatic heterocycles. The number of aryl methyl sites for hydroxylation is 1. The Balaban J connectivity index is 1.33. The van der Waals surface area contributed by atoms with Crippen LogP contribution in [0.2, 0.25) is 0 Å². The van der Waals surface area contributed by atoms with E-state index in [0.717, 1.165) is 27.6 Å². The number of amides is 1. The third kappa shape index (κ3) is 4.99. The Morgan fingerprint density at radius 3 is 2.53 bits per heavy atom. The second kappa shape index (κ2) is 10.5. The van der Waals surface area contributed by atoms with Gasteiger partial charge in [-0.1, -0.05) is 90.1 Å². The van der Waals surface area contributed by atoms with E-state index in [0.29, 0.717) is 16.5 Å². The van der Waals surface area contributed by atoms with Crippen molar-refractivity contribution in [3.63, 3.8) is 0 Å². The van der Waals surface area contributed by atoms with Crippen LogP contribution in [0, 0.1) is 6.92 Å². The van der Waals surface area contributed by atoms with Gasteiger partial charge in [0.1, 0.15) is 5.75 Å². The molecule has 0 unspecified atom stereocenters. The van der Waals surface area contributed by atoms with Gasteiger partial charge in [-0.25, -0.2) is 5.43 Å². The SMILES string of the molecule is Cc1ccc(-n2c(SCC(=O)NN=Cc3c(O)ccc4ccccc34)nnc2-c2ccccc2)cc1. The van der Waals surface area contributed by atoms with Gasteiger partial charge in [0.2, 0.25) is 0 Å². The standard InChI is InChI=1S/C28H23N5O2S/c1-19-11-14-22(15-12-19)33-27(21-8-3-2-4-9-21)31-32-28(33)36-18-26(35)30-29-17-24-23-10-6-5-7-20(23)13-16-25(24)34/h2-17,34H,18H2,1H3,(H,30,35). The molecule has 0 aliphatic carbocycles. The summed E-state index contributed by atoms with van der Waals surface area (Å²) in [5.74, 6) is 0.598. The number of phenolic OH excluding ortho intramolecular Hbond substituents is 1. The van der Waals surface area contributed by atoms with E-state index in [1.165, 1.54) is 18.0 Å². The number of fused-ring (bicyclic) bond motifs is 1. The van der Waals surface area contributed by atoms with E-state index < -0.39 is 0 Å². The molecule has 8 heteroatoms. The van der Waals surface area contributed by atoms with Gasteiger partial charge >= 0.3 is 0 Å². The summed E-state index contributed by atoms with van der Waals surface area (Å²) in [6.07, 6.45) is 1.46. The number of aromatic nitrogens is 3. The van der Waals surface area contributed by atoms with Gasteiger partial charge in [-0.2, -0.15) is 5.10 Å². The van der Waals surface area contributed by atoms with E-state index in [4.69, 9.17) is 0 Å². The molecule has 0 saturated heterocycles. The van der Waals surface area contributed by atoms with Crippen molar-refractivity contribution in [2.75, 3.05) is 5.75 Å². The normalized spacial score (nSPS) is 11.2. The number of rotatable bonds is 7. The molecule has 1 heterocycles. The highest BCUT2D eigenvalue weighted by Crippen LogP contribution is 2.28. The van der Waals surface area contributed by atoms with E-state index in [2.05, 4.69) is 20.7 Å². The first-order chi connectivity index (χ1) is 17.6. The Kier molecular flexibility index (Phi) is 6.77. The molecule has 0 aliphatic rings. The average molecular weight is 494 g/mol. The molecular weight excluding hydrogens is 470 g/mol. The molecule has 2 N–H and O–H groups in total. The van der Waals surface area contributed by atoms with E-state index in [1.807, 2.05) is 96.4 Å². The number of nitrogens with one attached hydrogen (secondary N) is 1. The lowest BCUT2D eigenvalue weighted by atomic mass is 10.0. The molecule has 0 atom stereocenters. The highest BCUT2D eigenvalue weighted by molar-refractivity contribution is 7.99. The van der Waals surface area contributed by atoms with Crippen LogP contribution in [0.4, 0.5) is 0 Å². The Morgan fingerprint density at radius 1 is 0.972 bits per heavy atom. The smallest absolute Gasteiger partial charge is 0.250 e. The molecule has 0 fully saturated rings. The predicted molar refractivity (Wildman–Crippen MR) is 144 cm³/mol. The maximum atomic E-state index is 12.6. The van der Waals surface area contributed by atoms with Gasteiger partial charge in [0.15, 0.2) is 11.0 Å².